The molecule has 0 radical (unpaired) electrons. The Hall–Kier alpha value is -3.77. The fourth-order valence-electron chi connectivity index (χ4n) is 4.74. The van der Waals surface area contributed by atoms with E-state index in [2.05, 4.69) is 5.32 Å². The molecule has 1 spiro atoms. The molecule has 6 heteroatoms. The van der Waals surface area contributed by atoms with Gasteiger partial charge in [-0.1, -0.05) is 85.0 Å². The summed E-state index contributed by atoms with van der Waals surface area (Å²) in [5, 5.41) is 3.21. The van der Waals surface area contributed by atoms with Crippen LogP contribution in [0.3, 0.4) is 0 Å². The molecular formula is C28H24N2O3S. The van der Waals surface area contributed by atoms with E-state index in [0.29, 0.717) is 12.1 Å². The zero-order valence-corrected chi connectivity index (χ0v) is 19.8. The minimum absolute atomic E-state index is 0.135. The fraction of sp³-hybridized carbons (Fsp3) is 0.179. The molecule has 1 unspecified atom stereocenters. The molecule has 3 aromatic rings. The number of carbonyl (C=O) groups excluding carboxylic acids is 2. The van der Waals surface area contributed by atoms with E-state index in [4.69, 9.17) is 17.0 Å². The van der Waals surface area contributed by atoms with Crippen LogP contribution in [0.5, 0.6) is 0 Å². The van der Waals surface area contributed by atoms with E-state index in [-0.39, 0.29) is 23.1 Å². The van der Waals surface area contributed by atoms with Gasteiger partial charge in [-0.2, -0.15) is 0 Å². The van der Waals surface area contributed by atoms with Gasteiger partial charge in [-0.25, -0.2) is 4.79 Å². The Bertz CT molecular complexity index is 1330. The number of esters is 1. The predicted octanol–water partition coefficient (Wildman–Crippen LogP) is 4.73. The van der Waals surface area contributed by atoms with Crippen molar-refractivity contribution in [2.75, 3.05) is 4.90 Å². The molecule has 0 saturated heterocycles. The molecule has 0 aliphatic carbocycles. The molecule has 0 aromatic heterocycles. The third-order valence-electron chi connectivity index (χ3n) is 6.48. The summed E-state index contributed by atoms with van der Waals surface area (Å²) in [5.41, 5.74) is 4.18. The highest BCUT2D eigenvalue weighted by molar-refractivity contribution is 7.80. The van der Waals surface area contributed by atoms with Crippen molar-refractivity contribution in [3.8, 4) is 0 Å². The molecule has 3 aromatic carbocycles. The number of hydrogen-bond donors (Lipinski definition) is 1. The normalized spacial score (nSPS) is 18.9. The van der Waals surface area contributed by atoms with Gasteiger partial charge in [0.2, 0.25) is 0 Å². The van der Waals surface area contributed by atoms with Crippen molar-refractivity contribution in [2.24, 2.45) is 0 Å². The summed E-state index contributed by atoms with van der Waals surface area (Å²) in [6.07, 6.45) is 0. The second-order valence-corrected chi connectivity index (χ2v) is 9.07. The van der Waals surface area contributed by atoms with Crippen LogP contribution in [0.4, 0.5) is 5.69 Å². The molecule has 2 aliphatic heterocycles. The number of rotatable bonds is 5. The quantitative estimate of drug-likeness (QED) is 0.434. The Balaban J connectivity index is 1.53. The molecule has 0 saturated carbocycles. The maximum Gasteiger partial charge on any atom is 0.341 e. The van der Waals surface area contributed by atoms with Crippen molar-refractivity contribution in [2.45, 2.75) is 32.5 Å². The lowest BCUT2D eigenvalue weighted by Gasteiger charge is -2.26. The number of ether oxygens (including phenoxy) is 1. The molecule has 0 bridgehead atoms. The molecule has 1 N–H and O–H groups in total. The maximum absolute atomic E-state index is 14.0. The highest BCUT2D eigenvalue weighted by Crippen LogP contribution is 2.49. The molecule has 1 atom stereocenters. The van der Waals surface area contributed by atoms with Gasteiger partial charge in [0.05, 0.1) is 17.8 Å². The van der Waals surface area contributed by atoms with E-state index in [1.54, 1.807) is 11.8 Å². The standard InChI is InChI=1S/C28H24N2O3S/c1-18-13-14-22-23(15-18)30(16-20-9-5-3-6-10-20)27(32)28(22)19(2)24(25(34)29-28)26(31)33-17-21-11-7-4-8-12-21/h3-15H,16-17H2,1-2H3,(H,29,34). The van der Waals surface area contributed by atoms with Crippen LogP contribution in [0.2, 0.25) is 0 Å². The predicted molar refractivity (Wildman–Crippen MR) is 135 cm³/mol. The van der Waals surface area contributed by atoms with Crippen LogP contribution in [0.1, 0.15) is 29.2 Å². The van der Waals surface area contributed by atoms with Crippen molar-refractivity contribution in [1.82, 2.24) is 5.32 Å². The van der Waals surface area contributed by atoms with E-state index in [1.807, 2.05) is 85.8 Å². The first-order valence-electron chi connectivity index (χ1n) is 11.1. The zero-order chi connectivity index (χ0) is 23.9. The highest BCUT2D eigenvalue weighted by atomic mass is 32.1. The van der Waals surface area contributed by atoms with Crippen LogP contribution in [-0.2, 0) is 33.0 Å². The number of anilines is 1. The Morgan fingerprint density at radius 1 is 0.971 bits per heavy atom. The van der Waals surface area contributed by atoms with Crippen LogP contribution in [0.25, 0.3) is 0 Å². The van der Waals surface area contributed by atoms with Gasteiger partial charge in [0.25, 0.3) is 5.91 Å². The van der Waals surface area contributed by atoms with Crippen LogP contribution in [0, 0.1) is 6.92 Å². The Morgan fingerprint density at radius 3 is 2.29 bits per heavy atom. The molecule has 0 fully saturated rings. The maximum atomic E-state index is 14.0. The monoisotopic (exact) mass is 468 g/mol. The summed E-state index contributed by atoms with van der Waals surface area (Å²) >= 11 is 5.57. The molecule has 2 aliphatic rings. The fourth-order valence-corrected chi connectivity index (χ4v) is 5.13. The lowest BCUT2D eigenvalue weighted by Crippen LogP contribution is -2.49. The van der Waals surface area contributed by atoms with Crippen LogP contribution in [-0.4, -0.2) is 16.9 Å². The van der Waals surface area contributed by atoms with Crippen molar-refractivity contribution in [1.29, 1.82) is 0 Å². The number of fused-ring (bicyclic) bond motifs is 2. The van der Waals surface area contributed by atoms with E-state index < -0.39 is 11.5 Å². The van der Waals surface area contributed by atoms with Crippen molar-refractivity contribution < 1.29 is 14.3 Å². The first kappa shape index (κ1) is 22.0. The average Bonchev–Trinajstić information content (AvgIpc) is 3.24. The average molecular weight is 469 g/mol. The van der Waals surface area contributed by atoms with E-state index >= 15 is 0 Å². The summed E-state index contributed by atoms with van der Waals surface area (Å²) in [4.78, 5) is 29.1. The molecule has 5 nitrogen and oxygen atoms in total. The van der Waals surface area contributed by atoms with Gasteiger partial charge < -0.3 is 15.0 Å². The third-order valence-corrected chi connectivity index (χ3v) is 6.79. The number of amides is 1. The number of aryl methyl sites for hydroxylation is 1. The van der Waals surface area contributed by atoms with Crippen molar-refractivity contribution >= 4 is 34.8 Å². The van der Waals surface area contributed by atoms with Gasteiger partial charge in [0.15, 0.2) is 5.54 Å². The minimum Gasteiger partial charge on any atom is -0.457 e. The Morgan fingerprint density at radius 2 is 1.62 bits per heavy atom. The topological polar surface area (TPSA) is 58.6 Å². The molecule has 34 heavy (non-hydrogen) atoms. The molecule has 1 amide bonds. The summed E-state index contributed by atoms with van der Waals surface area (Å²) in [6, 6.07) is 25.3. The second kappa shape index (κ2) is 8.54. The number of thiocarbonyl (C=S) groups is 1. The van der Waals surface area contributed by atoms with E-state index in [9.17, 15) is 9.59 Å². The van der Waals surface area contributed by atoms with Gasteiger partial charge in [-0.3, -0.25) is 4.79 Å². The molecule has 5 rings (SSSR count). The highest BCUT2D eigenvalue weighted by Gasteiger charge is 2.57. The second-order valence-electron chi connectivity index (χ2n) is 8.66. The first-order valence-corrected chi connectivity index (χ1v) is 11.5. The summed E-state index contributed by atoms with van der Waals surface area (Å²) in [7, 11) is 0. The number of hydrogen-bond acceptors (Lipinski definition) is 4. The molecule has 170 valence electrons. The third kappa shape index (κ3) is 3.51. The van der Waals surface area contributed by atoms with Crippen molar-refractivity contribution in [3.63, 3.8) is 0 Å². The van der Waals surface area contributed by atoms with Crippen LogP contribution in [0.15, 0.2) is 90.0 Å². The van der Waals surface area contributed by atoms with Gasteiger partial charge >= 0.3 is 5.97 Å². The SMILES string of the molecule is CC1=C(C(=O)OCc2ccccc2)C(=S)NC12C(=O)N(Cc1ccccc1)c1cc(C)ccc12. The number of benzene rings is 3. The Labute approximate surface area is 204 Å². The van der Waals surface area contributed by atoms with Gasteiger partial charge in [-0.05, 0) is 42.2 Å². The smallest absolute Gasteiger partial charge is 0.341 e. The minimum atomic E-state index is -1.21. The van der Waals surface area contributed by atoms with Gasteiger partial charge in [0, 0.05) is 5.56 Å². The lowest BCUT2D eigenvalue weighted by molar-refractivity contribution is -0.139. The van der Waals surface area contributed by atoms with Crippen molar-refractivity contribution in [3.05, 3.63) is 112 Å². The van der Waals surface area contributed by atoms with E-state index in [1.165, 1.54) is 0 Å². The summed E-state index contributed by atoms with van der Waals surface area (Å²) in [5.74, 6) is -0.679. The summed E-state index contributed by atoms with van der Waals surface area (Å²) < 4.78 is 5.57. The first-order chi connectivity index (χ1) is 16.4. The number of carbonyl (C=O) groups is 2. The van der Waals surface area contributed by atoms with Crippen LogP contribution >= 0.6 is 12.2 Å². The van der Waals surface area contributed by atoms with Gasteiger partial charge in [0.1, 0.15) is 11.6 Å². The molecular weight excluding hydrogens is 444 g/mol. The van der Waals surface area contributed by atoms with E-state index in [0.717, 1.165) is 27.9 Å². The Kier molecular flexibility index (Phi) is 5.54. The largest absolute Gasteiger partial charge is 0.457 e. The molecule has 2 heterocycles. The number of nitrogens with zero attached hydrogens (tertiary/aromatic N) is 1. The zero-order valence-electron chi connectivity index (χ0n) is 19.0. The van der Waals surface area contributed by atoms with Crippen LogP contribution < -0.4 is 10.2 Å². The van der Waals surface area contributed by atoms with Gasteiger partial charge in [-0.15, -0.1) is 0 Å². The lowest BCUT2D eigenvalue weighted by atomic mass is 9.84. The number of nitrogens with one attached hydrogen (secondary N) is 1. The summed E-state index contributed by atoms with van der Waals surface area (Å²) in [6.45, 7) is 4.35.